The third kappa shape index (κ3) is 3.41. The summed E-state index contributed by atoms with van der Waals surface area (Å²) in [6.45, 7) is 10.9. The van der Waals surface area contributed by atoms with E-state index in [1.165, 1.54) is 4.31 Å². The number of esters is 1. The third-order valence-corrected chi connectivity index (χ3v) is 5.65. The maximum Gasteiger partial charge on any atom is 0.326 e. The van der Waals surface area contributed by atoms with E-state index in [2.05, 4.69) is 0 Å². The van der Waals surface area contributed by atoms with E-state index < -0.39 is 32.8 Å². The molecular weight excluding hydrogens is 278 g/mol. The summed E-state index contributed by atoms with van der Waals surface area (Å²) in [5, 5.41) is 0. The molecule has 1 unspecified atom stereocenters. The van der Waals surface area contributed by atoms with E-state index in [0.717, 1.165) is 0 Å². The highest BCUT2D eigenvalue weighted by Crippen LogP contribution is 2.39. The molecule has 0 aromatic heterocycles. The first kappa shape index (κ1) is 17.2. The first-order valence-corrected chi connectivity index (χ1v) is 8.36. The molecular formula is C14H25NO4S. The Kier molecular flexibility index (Phi) is 5.03. The van der Waals surface area contributed by atoms with Gasteiger partial charge < -0.3 is 4.74 Å². The first-order valence-electron chi connectivity index (χ1n) is 6.92. The van der Waals surface area contributed by atoms with Gasteiger partial charge >= 0.3 is 5.97 Å². The number of ether oxygens (including phenoxy) is 1. The second-order valence-corrected chi connectivity index (χ2v) is 8.86. The zero-order valence-electron chi connectivity index (χ0n) is 13.1. The summed E-state index contributed by atoms with van der Waals surface area (Å²) in [4.78, 5) is 11.9. The van der Waals surface area contributed by atoms with Crippen LogP contribution in [0.15, 0.2) is 12.2 Å². The summed E-state index contributed by atoms with van der Waals surface area (Å²) < 4.78 is 30.2. The van der Waals surface area contributed by atoms with Crippen molar-refractivity contribution >= 4 is 16.0 Å². The predicted molar refractivity (Wildman–Crippen MR) is 78.7 cm³/mol. The highest BCUT2D eigenvalue weighted by atomic mass is 32.2. The molecule has 116 valence electrons. The summed E-state index contributed by atoms with van der Waals surface area (Å²) in [6, 6.07) is -1.13. The van der Waals surface area contributed by atoms with Crippen molar-refractivity contribution < 1.29 is 17.9 Å². The molecule has 0 spiro atoms. The molecule has 5 nitrogen and oxygen atoms in total. The Labute approximate surface area is 122 Å². The number of allylic oxidation sites excluding steroid dienone is 1. The molecule has 1 rings (SSSR count). The van der Waals surface area contributed by atoms with Crippen LogP contribution in [-0.4, -0.2) is 42.1 Å². The summed E-state index contributed by atoms with van der Waals surface area (Å²) in [5.74, 6) is -0.170. The number of nitrogens with zero attached hydrogens (tertiary/aromatic N) is 1. The average Bonchev–Trinajstić information content (AvgIpc) is 2.99. The SMILES string of the molecule is CCOC(=O)[C@H]1[C@@H](/C=C/C(C)C)N1S(=O)(=O)C(C)(C)C. The second-order valence-electron chi connectivity index (χ2n) is 6.26. The van der Waals surface area contributed by atoms with Gasteiger partial charge in [-0.15, -0.1) is 0 Å². The van der Waals surface area contributed by atoms with Crippen molar-refractivity contribution in [1.29, 1.82) is 0 Å². The largest absolute Gasteiger partial charge is 0.465 e. The van der Waals surface area contributed by atoms with E-state index in [4.69, 9.17) is 4.74 Å². The smallest absolute Gasteiger partial charge is 0.326 e. The molecule has 0 bridgehead atoms. The highest BCUT2D eigenvalue weighted by molar-refractivity contribution is 7.90. The fourth-order valence-corrected chi connectivity index (χ4v) is 3.45. The van der Waals surface area contributed by atoms with Gasteiger partial charge in [-0.25, -0.2) is 8.42 Å². The van der Waals surface area contributed by atoms with Crippen LogP contribution in [0.3, 0.4) is 0 Å². The van der Waals surface area contributed by atoms with E-state index in [9.17, 15) is 13.2 Å². The van der Waals surface area contributed by atoms with Crippen LogP contribution in [0.25, 0.3) is 0 Å². The van der Waals surface area contributed by atoms with E-state index in [-0.39, 0.29) is 6.61 Å². The number of hydrogen-bond donors (Lipinski definition) is 0. The molecule has 0 aliphatic carbocycles. The van der Waals surface area contributed by atoms with Crippen molar-refractivity contribution in [3.05, 3.63) is 12.2 Å². The zero-order chi connectivity index (χ0) is 15.7. The van der Waals surface area contributed by atoms with Gasteiger partial charge in [0.15, 0.2) is 0 Å². The zero-order valence-corrected chi connectivity index (χ0v) is 13.9. The lowest BCUT2D eigenvalue weighted by Crippen LogP contribution is -2.36. The van der Waals surface area contributed by atoms with Gasteiger partial charge in [0, 0.05) is 0 Å². The van der Waals surface area contributed by atoms with Gasteiger partial charge in [-0.3, -0.25) is 4.79 Å². The topological polar surface area (TPSA) is 63.5 Å². The lowest BCUT2D eigenvalue weighted by molar-refractivity contribution is -0.143. The predicted octanol–water partition coefficient (Wildman–Crippen LogP) is 1.94. The average molecular weight is 303 g/mol. The minimum Gasteiger partial charge on any atom is -0.465 e. The van der Waals surface area contributed by atoms with Crippen LogP contribution in [-0.2, 0) is 19.6 Å². The number of carbonyl (C=O) groups is 1. The van der Waals surface area contributed by atoms with Crippen LogP contribution in [0.5, 0.6) is 0 Å². The third-order valence-electron chi connectivity index (χ3n) is 3.07. The maximum atomic E-state index is 12.5. The Morgan fingerprint density at radius 3 is 2.30 bits per heavy atom. The molecule has 0 aromatic carbocycles. The molecule has 1 heterocycles. The number of hydrogen-bond acceptors (Lipinski definition) is 4. The molecule has 1 saturated heterocycles. The fourth-order valence-electron chi connectivity index (χ4n) is 1.85. The molecule has 20 heavy (non-hydrogen) atoms. The summed E-state index contributed by atoms with van der Waals surface area (Å²) in [5.41, 5.74) is 0. The van der Waals surface area contributed by atoms with Crippen LogP contribution in [0.1, 0.15) is 41.5 Å². The molecule has 1 aliphatic heterocycles. The summed E-state index contributed by atoms with van der Waals surface area (Å²) in [7, 11) is -3.53. The van der Waals surface area contributed by atoms with Crippen molar-refractivity contribution in [3.8, 4) is 0 Å². The monoisotopic (exact) mass is 303 g/mol. The van der Waals surface area contributed by atoms with Gasteiger partial charge in [0.2, 0.25) is 10.0 Å². The van der Waals surface area contributed by atoms with Crippen molar-refractivity contribution in [1.82, 2.24) is 4.31 Å². The minimum absolute atomic E-state index is 0.249. The molecule has 0 radical (unpaired) electrons. The van der Waals surface area contributed by atoms with Crippen LogP contribution in [0.2, 0.25) is 0 Å². The summed E-state index contributed by atoms with van der Waals surface area (Å²) in [6.07, 6.45) is 3.70. The molecule has 1 fully saturated rings. The van der Waals surface area contributed by atoms with Crippen molar-refractivity contribution in [2.24, 2.45) is 5.92 Å². The van der Waals surface area contributed by atoms with Gasteiger partial charge in [0.05, 0.1) is 17.4 Å². The number of carbonyl (C=O) groups excluding carboxylic acids is 1. The van der Waals surface area contributed by atoms with Gasteiger partial charge in [-0.2, -0.15) is 4.31 Å². The van der Waals surface area contributed by atoms with Crippen LogP contribution in [0.4, 0.5) is 0 Å². The molecule has 0 saturated carbocycles. The van der Waals surface area contributed by atoms with Crippen molar-refractivity contribution in [3.63, 3.8) is 0 Å². The number of sulfonamides is 1. The Morgan fingerprint density at radius 2 is 1.90 bits per heavy atom. The lowest BCUT2D eigenvalue weighted by atomic mass is 10.2. The van der Waals surface area contributed by atoms with E-state index in [0.29, 0.717) is 5.92 Å². The van der Waals surface area contributed by atoms with E-state index in [1.807, 2.05) is 19.9 Å². The Balaban J connectivity index is 3.01. The lowest BCUT2D eigenvalue weighted by Gasteiger charge is -2.20. The first-order chi connectivity index (χ1) is 9.04. The standard InChI is InChI=1S/C14H25NO4S/c1-7-19-13(16)12-11(9-8-10(2)3)15(12)20(17,18)14(4,5)6/h8-12H,7H2,1-6H3/b9-8+/t11-,12-,15?/m1/s1. The molecule has 0 aromatic rings. The molecule has 0 N–H and O–H groups in total. The molecule has 1 aliphatic rings. The Hall–Kier alpha value is -0.880. The van der Waals surface area contributed by atoms with Crippen molar-refractivity contribution in [2.45, 2.75) is 58.4 Å². The molecule has 0 amide bonds. The van der Waals surface area contributed by atoms with E-state index >= 15 is 0 Å². The Bertz CT molecular complexity index is 488. The van der Waals surface area contributed by atoms with Crippen molar-refractivity contribution in [2.75, 3.05) is 6.61 Å². The van der Waals surface area contributed by atoms with E-state index in [1.54, 1.807) is 33.8 Å². The molecule has 6 heteroatoms. The quantitative estimate of drug-likeness (QED) is 0.442. The van der Waals surface area contributed by atoms with Gasteiger partial charge in [0.1, 0.15) is 6.04 Å². The maximum absolute atomic E-state index is 12.5. The molecule has 3 atom stereocenters. The normalized spacial score (nSPS) is 27.1. The Morgan fingerprint density at radius 1 is 1.35 bits per heavy atom. The number of rotatable bonds is 5. The van der Waals surface area contributed by atoms with Gasteiger partial charge in [-0.1, -0.05) is 26.0 Å². The second kappa shape index (κ2) is 5.85. The van der Waals surface area contributed by atoms with Gasteiger partial charge in [-0.05, 0) is 33.6 Å². The summed E-state index contributed by atoms with van der Waals surface area (Å²) >= 11 is 0. The fraction of sp³-hybridized carbons (Fsp3) is 0.786. The van der Waals surface area contributed by atoms with Crippen LogP contribution >= 0.6 is 0 Å². The highest BCUT2D eigenvalue weighted by Gasteiger charge is 2.61. The van der Waals surface area contributed by atoms with Crippen LogP contribution in [0, 0.1) is 5.92 Å². The van der Waals surface area contributed by atoms with Gasteiger partial charge in [0.25, 0.3) is 0 Å². The van der Waals surface area contributed by atoms with Crippen LogP contribution < -0.4 is 0 Å². The minimum atomic E-state index is -3.53.